The molecule has 0 aliphatic rings. The Balaban J connectivity index is 2.65. The maximum absolute atomic E-state index is 11.8. The van der Waals surface area contributed by atoms with Gasteiger partial charge in [-0.25, -0.2) is 4.79 Å². The normalized spacial score (nSPS) is 13.1. The number of rotatable bonds is 4. The van der Waals surface area contributed by atoms with Gasteiger partial charge in [-0.15, -0.1) is 11.3 Å². The molecule has 1 rings (SSSR count). The second-order valence-corrected chi connectivity index (χ2v) is 6.77. The van der Waals surface area contributed by atoms with Crippen LogP contribution in [0.3, 0.4) is 0 Å². The summed E-state index contributed by atoms with van der Waals surface area (Å²) < 4.78 is 0. The summed E-state index contributed by atoms with van der Waals surface area (Å²) >= 11 is 1.55. The average Bonchev–Trinajstić information content (AvgIpc) is 2.58. The molecule has 4 nitrogen and oxygen atoms in total. The molecule has 0 spiro atoms. The number of nitrogens with one attached hydrogen (secondary N) is 1. The van der Waals surface area contributed by atoms with E-state index in [-0.39, 0.29) is 12.3 Å². The molecule has 0 saturated carbocycles. The van der Waals surface area contributed by atoms with Crippen LogP contribution in [0.1, 0.15) is 30.5 Å². The molecule has 1 aromatic rings. The lowest BCUT2D eigenvalue weighted by Gasteiger charge is -2.27. The van der Waals surface area contributed by atoms with E-state index in [1.807, 2.05) is 19.1 Å². The van der Waals surface area contributed by atoms with Gasteiger partial charge in [-0.05, 0) is 24.5 Å². The quantitative estimate of drug-likeness (QED) is 0.880. The van der Waals surface area contributed by atoms with E-state index < -0.39 is 17.4 Å². The Kier molecular flexibility index (Phi) is 4.51. The molecular formula is C13H19NO3S. The van der Waals surface area contributed by atoms with Crippen molar-refractivity contribution in [1.82, 2.24) is 5.32 Å². The minimum absolute atomic E-state index is 0.234. The van der Waals surface area contributed by atoms with E-state index in [2.05, 4.69) is 5.32 Å². The van der Waals surface area contributed by atoms with Gasteiger partial charge in [0.2, 0.25) is 5.91 Å². The summed E-state index contributed by atoms with van der Waals surface area (Å²) in [7, 11) is 0. The summed E-state index contributed by atoms with van der Waals surface area (Å²) in [5, 5.41) is 11.7. The van der Waals surface area contributed by atoms with Gasteiger partial charge in [-0.1, -0.05) is 20.8 Å². The highest BCUT2D eigenvalue weighted by molar-refractivity contribution is 7.12. The lowest BCUT2D eigenvalue weighted by Crippen LogP contribution is -2.49. The molecule has 18 heavy (non-hydrogen) atoms. The first-order valence-corrected chi connectivity index (χ1v) is 6.59. The molecule has 1 aromatic heterocycles. The first kappa shape index (κ1) is 14.7. The highest BCUT2D eigenvalue weighted by Crippen LogP contribution is 2.20. The van der Waals surface area contributed by atoms with Gasteiger partial charge in [0.05, 0.1) is 6.42 Å². The van der Waals surface area contributed by atoms with Crippen molar-refractivity contribution in [2.24, 2.45) is 5.41 Å². The third kappa shape index (κ3) is 4.14. The van der Waals surface area contributed by atoms with Crippen molar-refractivity contribution < 1.29 is 14.7 Å². The smallest absolute Gasteiger partial charge is 0.326 e. The van der Waals surface area contributed by atoms with Gasteiger partial charge in [0, 0.05) is 9.75 Å². The van der Waals surface area contributed by atoms with E-state index in [1.54, 1.807) is 32.1 Å². The Morgan fingerprint density at radius 3 is 2.39 bits per heavy atom. The molecule has 0 radical (unpaired) electrons. The molecule has 1 atom stereocenters. The Bertz CT molecular complexity index is 445. The van der Waals surface area contributed by atoms with Crippen molar-refractivity contribution in [2.45, 2.75) is 40.2 Å². The lowest BCUT2D eigenvalue weighted by molar-refractivity contribution is -0.144. The molecule has 5 heteroatoms. The van der Waals surface area contributed by atoms with Gasteiger partial charge in [-0.2, -0.15) is 0 Å². The maximum atomic E-state index is 11.8. The number of thiophene rings is 1. The van der Waals surface area contributed by atoms with Crippen LogP contribution in [-0.2, 0) is 16.0 Å². The third-order valence-corrected chi connectivity index (χ3v) is 3.55. The van der Waals surface area contributed by atoms with Gasteiger partial charge >= 0.3 is 5.97 Å². The average molecular weight is 269 g/mol. The number of aryl methyl sites for hydroxylation is 1. The molecule has 0 saturated heterocycles. The Hall–Kier alpha value is -1.36. The van der Waals surface area contributed by atoms with Gasteiger partial charge in [0.1, 0.15) is 6.04 Å². The molecule has 1 unspecified atom stereocenters. The number of carbonyl (C=O) groups is 2. The summed E-state index contributed by atoms with van der Waals surface area (Å²) in [6.45, 7) is 7.35. The molecule has 0 aromatic carbocycles. The largest absolute Gasteiger partial charge is 0.480 e. The van der Waals surface area contributed by atoms with E-state index >= 15 is 0 Å². The van der Waals surface area contributed by atoms with Crippen molar-refractivity contribution in [1.29, 1.82) is 0 Å². The highest BCUT2D eigenvalue weighted by Gasteiger charge is 2.32. The Labute approximate surface area is 111 Å². The van der Waals surface area contributed by atoms with Crippen LogP contribution < -0.4 is 5.32 Å². The molecule has 0 aliphatic heterocycles. The number of hydrogen-bond acceptors (Lipinski definition) is 3. The SMILES string of the molecule is Cc1ccc(CC(=O)NC(C(=O)O)C(C)(C)C)s1. The van der Waals surface area contributed by atoms with Crippen LogP contribution in [0.5, 0.6) is 0 Å². The second kappa shape index (κ2) is 5.52. The number of aliphatic carboxylic acids is 1. The van der Waals surface area contributed by atoms with Gasteiger partial charge in [-0.3, -0.25) is 4.79 Å². The van der Waals surface area contributed by atoms with E-state index in [0.29, 0.717) is 0 Å². The molecule has 0 aliphatic carbocycles. The van der Waals surface area contributed by atoms with Crippen molar-refractivity contribution in [3.8, 4) is 0 Å². The van der Waals surface area contributed by atoms with Crippen LogP contribution in [0.4, 0.5) is 0 Å². The maximum Gasteiger partial charge on any atom is 0.326 e. The summed E-state index contributed by atoms with van der Waals surface area (Å²) in [5.74, 6) is -1.25. The fourth-order valence-electron chi connectivity index (χ4n) is 1.60. The zero-order valence-electron chi connectivity index (χ0n) is 11.1. The number of hydrogen-bond donors (Lipinski definition) is 2. The first-order chi connectivity index (χ1) is 8.20. The van der Waals surface area contributed by atoms with E-state index in [9.17, 15) is 9.59 Å². The lowest BCUT2D eigenvalue weighted by atomic mass is 9.86. The van der Waals surface area contributed by atoms with Crippen molar-refractivity contribution in [3.63, 3.8) is 0 Å². The van der Waals surface area contributed by atoms with Crippen molar-refractivity contribution in [3.05, 3.63) is 21.9 Å². The number of carboxylic acid groups (broad SMARTS) is 1. The van der Waals surface area contributed by atoms with Crippen LogP contribution in [0.15, 0.2) is 12.1 Å². The van der Waals surface area contributed by atoms with Crippen LogP contribution >= 0.6 is 11.3 Å². The fourth-order valence-corrected chi connectivity index (χ4v) is 2.49. The summed E-state index contributed by atoms with van der Waals surface area (Å²) in [4.78, 5) is 25.0. The molecule has 1 heterocycles. The van der Waals surface area contributed by atoms with Gasteiger partial charge in [0.15, 0.2) is 0 Å². The predicted molar refractivity (Wildman–Crippen MR) is 71.8 cm³/mol. The number of carbonyl (C=O) groups excluding carboxylic acids is 1. The minimum atomic E-state index is -1.00. The third-order valence-electron chi connectivity index (χ3n) is 2.55. The molecule has 1 amide bonds. The molecule has 2 N–H and O–H groups in total. The summed E-state index contributed by atoms with van der Waals surface area (Å²) in [6, 6.07) is 2.98. The molecular weight excluding hydrogens is 250 g/mol. The first-order valence-electron chi connectivity index (χ1n) is 5.77. The van der Waals surface area contributed by atoms with E-state index in [4.69, 9.17) is 5.11 Å². The van der Waals surface area contributed by atoms with Crippen LogP contribution in [0.2, 0.25) is 0 Å². The molecule has 0 bridgehead atoms. The standard InChI is InChI=1S/C13H19NO3S/c1-8-5-6-9(18-8)7-10(15)14-11(12(16)17)13(2,3)4/h5-6,11H,7H2,1-4H3,(H,14,15)(H,16,17). The van der Waals surface area contributed by atoms with E-state index in [1.165, 1.54) is 0 Å². The number of amides is 1. The topological polar surface area (TPSA) is 66.4 Å². The van der Waals surface area contributed by atoms with E-state index in [0.717, 1.165) is 9.75 Å². The van der Waals surface area contributed by atoms with Crippen molar-refractivity contribution in [2.75, 3.05) is 0 Å². The second-order valence-electron chi connectivity index (χ2n) is 5.39. The van der Waals surface area contributed by atoms with Gasteiger partial charge < -0.3 is 10.4 Å². The molecule has 0 fully saturated rings. The monoisotopic (exact) mass is 269 g/mol. The summed E-state index contributed by atoms with van der Waals surface area (Å²) in [5.41, 5.74) is -0.507. The minimum Gasteiger partial charge on any atom is -0.480 e. The van der Waals surface area contributed by atoms with Crippen LogP contribution in [-0.4, -0.2) is 23.0 Å². The van der Waals surface area contributed by atoms with Crippen molar-refractivity contribution >= 4 is 23.2 Å². The zero-order valence-corrected chi connectivity index (χ0v) is 11.9. The predicted octanol–water partition coefficient (Wildman–Crippen LogP) is 2.21. The summed E-state index contributed by atoms with van der Waals surface area (Å²) in [6.07, 6.45) is 0.234. The fraction of sp³-hybridized carbons (Fsp3) is 0.538. The Morgan fingerprint density at radius 1 is 1.39 bits per heavy atom. The van der Waals surface area contributed by atoms with Crippen LogP contribution in [0, 0.1) is 12.3 Å². The van der Waals surface area contributed by atoms with Gasteiger partial charge in [0.25, 0.3) is 0 Å². The zero-order chi connectivity index (χ0) is 13.9. The highest BCUT2D eigenvalue weighted by atomic mass is 32.1. The van der Waals surface area contributed by atoms with Crippen LogP contribution in [0.25, 0.3) is 0 Å². The molecule has 100 valence electrons. The number of carboxylic acids is 1. The Morgan fingerprint density at radius 2 is 2.00 bits per heavy atom.